The van der Waals surface area contributed by atoms with E-state index in [0.29, 0.717) is 23.3 Å². The van der Waals surface area contributed by atoms with Gasteiger partial charge in [-0.1, -0.05) is 18.5 Å². The van der Waals surface area contributed by atoms with E-state index in [-0.39, 0.29) is 0 Å². The lowest BCUT2D eigenvalue weighted by molar-refractivity contribution is 0.438. The summed E-state index contributed by atoms with van der Waals surface area (Å²) in [4.78, 5) is 2.46. The van der Waals surface area contributed by atoms with E-state index in [1.165, 1.54) is 18.5 Å². The van der Waals surface area contributed by atoms with Gasteiger partial charge >= 0.3 is 0 Å². The van der Waals surface area contributed by atoms with Crippen LogP contribution in [0.5, 0.6) is 0 Å². The number of rotatable bonds is 5. The Hall–Kier alpha value is -2.53. The molecule has 1 aromatic heterocycles. The number of aromatic nitrogens is 2. The van der Waals surface area contributed by atoms with Crippen LogP contribution in [0.3, 0.4) is 0 Å². The number of anilines is 2. The third-order valence-corrected chi connectivity index (χ3v) is 5.27. The Morgan fingerprint density at radius 2 is 1.74 bits per heavy atom. The van der Waals surface area contributed by atoms with Crippen LogP contribution >= 0.6 is 11.6 Å². The lowest BCUT2D eigenvalue weighted by atomic mass is 9.99. The number of halogens is 1. The maximum Gasteiger partial charge on any atom is 0.247 e. The zero-order valence-electron chi connectivity index (χ0n) is 15.4. The second-order valence-corrected chi connectivity index (χ2v) is 7.51. The average molecular weight is 383 g/mol. The number of hydrogen-bond donors (Lipinski definition) is 1. The van der Waals surface area contributed by atoms with Gasteiger partial charge in [-0.05, 0) is 67.3 Å². The van der Waals surface area contributed by atoms with Gasteiger partial charge < -0.3 is 14.6 Å². The van der Waals surface area contributed by atoms with Gasteiger partial charge in [0.15, 0.2) is 0 Å². The van der Waals surface area contributed by atoms with E-state index in [2.05, 4.69) is 51.6 Å². The molecule has 0 radical (unpaired) electrons. The van der Waals surface area contributed by atoms with E-state index in [4.69, 9.17) is 16.0 Å². The first-order chi connectivity index (χ1) is 13.2. The van der Waals surface area contributed by atoms with Crippen LogP contribution in [-0.2, 0) is 6.54 Å². The van der Waals surface area contributed by atoms with Gasteiger partial charge in [0.2, 0.25) is 11.8 Å². The van der Waals surface area contributed by atoms with Crippen molar-refractivity contribution in [2.24, 2.45) is 5.92 Å². The molecule has 0 amide bonds. The first-order valence-corrected chi connectivity index (χ1v) is 9.72. The van der Waals surface area contributed by atoms with Crippen molar-refractivity contribution < 1.29 is 4.42 Å². The Morgan fingerprint density at radius 3 is 2.44 bits per heavy atom. The number of piperidine rings is 1. The molecule has 1 aliphatic rings. The molecule has 2 aromatic carbocycles. The molecule has 3 aromatic rings. The predicted octanol–water partition coefficient (Wildman–Crippen LogP) is 5.24. The van der Waals surface area contributed by atoms with Crippen LogP contribution in [0.4, 0.5) is 11.4 Å². The molecule has 0 spiro atoms. The summed E-state index contributed by atoms with van der Waals surface area (Å²) in [5.74, 6) is 1.89. The van der Waals surface area contributed by atoms with E-state index in [0.717, 1.165) is 30.3 Å². The summed E-state index contributed by atoms with van der Waals surface area (Å²) in [5.41, 5.74) is 3.18. The Morgan fingerprint density at radius 1 is 1.04 bits per heavy atom. The molecule has 0 unspecified atom stereocenters. The van der Waals surface area contributed by atoms with E-state index in [1.807, 2.05) is 24.3 Å². The van der Waals surface area contributed by atoms with Gasteiger partial charge in [0, 0.05) is 35.1 Å². The van der Waals surface area contributed by atoms with Crippen LogP contribution in [-0.4, -0.2) is 23.3 Å². The Labute approximate surface area is 164 Å². The fraction of sp³-hybridized carbons (Fsp3) is 0.333. The largest absolute Gasteiger partial charge is 0.419 e. The smallest absolute Gasteiger partial charge is 0.247 e. The molecule has 4 rings (SSSR count). The molecule has 1 saturated heterocycles. The molecule has 0 saturated carbocycles. The highest BCUT2D eigenvalue weighted by molar-refractivity contribution is 6.30. The maximum absolute atomic E-state index is 5.91. The highest BCUT2D eigenvalue weighted by Crippen LogP contribution is 2.25. The van der Waals surface area contributed by atoms with Crippen LogP contribution < -0.4 is 10.2 Å². The maximum atomic E-state index is 5.91. The Balaban J connectivity index is 1.34. The molecule has 140 valence electrons. The molecule has 1 aliphatic heterocycles. The summed E-state index contributed by atoms with van der Waals surface area (Å²) in [5, 5.41) is 12.2. The Kier molecular flexibility index (Phi) is 5.30. The van der Waals surface area contributed by atoms with E-state index < -0.39 is 0 Å². The van der Waals surface area contributed by atoms with Crippen LogP contribution in [0.1, 0.15) is 25.7 Å². The monoisotopic (exact) mass is 382 g/mol. The topological polar surface area (TPSA) is 54.2 Å². The van der Waals surface area contributed by atoms with Crippen molar-refractivity contribution in [1.82, 2.24) is 10.2 Å². The van der Waals surface area contributed by atoms with Crippen LogP contribution in [0.2, 0.25) is 5.02 Å². The van der Waals surface area contributed by atoms with Gasteiger partial charge in [0.25, 0.3) is 0 Å². The standard InChI is InChI=1S/C21H23ClN4O/c1-15-10-12-26(13-11-15)19-8-6-18(7-9-19)23-14-20-24-25-21(27-20)16-2-4-17(22)5-3-16/h2-9,15,23H,10-14H2,1H3. The highest BCUT2D eigenvalue weighted by Gasteiger charge is 2.15. The van der Waals surface area contributed by atoms with Crippen LogP contribution in [0.15, 0.2) is 52.9 Å². The van der Waals surface area contributed by atoms with E-state index in [1.54, 1.807) is 0 Å². The van der Waals surface area contributed by atoms with Crippen LogP contribution in [0, 0.1) is 5.92 Å². The fourth-order valence-corrected chi connectivity index (χ4v) is 3.39. The average Bonchev–Trinajstić information content (AvgIpc) is 3.17. The summed E-state index contributed by atoms with van der Waals surface area (Å²) in [6.07, 6.45) is 2.54. The molecular weight excluding hydrogens is 360 g/mol. The van der Waals surface area contributed by atoms with Gasteiger partial charge in [0.1, 0.15) is 0 Å². The number of nitrogens with zero attached hydrogens (tertiary/aromatic N) is 3. The van der Waals surface area contributed by atoms with Gasteiger partial charge in [0.05, 0.1) is 6.54 Å². The van der Waals surface area contributed by atoms with Crippen molar-refractivity contribution >= 4 is 23.0 Å². The highest BCUT2D eigenvalue weighted by atomic mass is 35.5. The van der Waals surface area contributed by atoms with E-state index >= 15 is 0 Å². The molecule has 6 heteroatoms. The van der Waals surface area contributed by atoms with Crippen molar-refractivity contribution in [2.75, 3.05) is 23.3 Å². The predicted molar refractivity (Wildman–Crippen MR) is 109 cm³/mol. The SMILES string of the molecule is CC1CCN(c2ccc(NCc3nnc(-c4ccc(Cl)cc4)o3)cc2)CC1. The molecular formula is C21H23ClN4O. The number of benzene rings is 2. The minimum Gasteiger partial charge on any atom is -0.419 e. The van der Waals surface area contributed by atoms with Gasteiger partial charge in [-0.15, -0.1) is 10.2 Å². The molecule has 0 aliphatic carbocycles. The third-order valence-electron chi connectivity index (χ3n) is 5.02. The van der Waals surface area contributed by atoms with Gasteiger partial charge in [-0.2, -0.15) is 0 Å². The minimum atomic E-state index is 0.487. The van der Waals surface area contributed by atoms with Gasteiger partial charge in [-0.3, -0.25) is 0 Å². The number of nitrogens with one attached hydrogen (secondary N) is 1. The van der Waals surface area contributed by atoms with Crippen molar-refractivity contribution in [3.63, 3.8) is 0 Å². The second kappa shape index (κ2) is 8.01. The normalized spacial score (nSPS) is 15.1. The quantitative estimate of drug-likeness (QED) is 0.654. The molecule has 2 heterocycles. The van der Waals surface area contributed by atoms with Crippen molar-refractivity contribution in [1.29, 1.82) is 0 Å². The first-order valence-electron chi connectivity index (χ1n) is 9.34. The summed E-state index contributed by atoms with van der Waals surface area (Å²) >= 11 is 5.91. The summed E-state index contributed by atoms with van der Waals surface area (Å²) in [7, 11) is 0. The number of hydrogen-bond acceptors (Lipinski definition) is 5. The van der Waals surface area contributed by atoms with Crippen molar-refractivity contribution in [3.05, 3.63) is 59.4 Å². The molecule has 0 bridgehead atoms. The van der Waals surface area contributed by atoms with Gasteiger partial charge in [-0.25, -0.2) is 0 Å². The molecule has 27 heavy (non-hydrogen) atoms. The lowest BCUT2D eigenvalue weighted by Gasteiger charge is -2.32. The zero-order chi connectivity index (χ0) is 18.6. The first kappa shape index (κ1) is 17.9. The van der Waals surface area contributed by atoms with Crippen molar-refractivity contribution in [3.8, 4) is 11.5 Å². The van der Waals surface area contributed by atoms with E-state index in [9.17, 15) is 0 Å². The lowest BCUT2D eigenvalue weighted by Crippen LogP contribution is -2.32. The summed E-state index contributed by atoms with van der Waals surface area (Å²) in [6.45, 7) is 5.11. The molecule has 5 nitrogen and oxygen atoms in total. The summed E-state index contributed by atoms with van der Waals surface area (Å²) in [6, 6.07) is 15.9. The summed E-state index contributed by atoms with van der Waals surface area (Å²) < 4.78 is 5.72. The third kappa shape index (κ3) is 4.42. The van der Waals surface area contributed by atoms with Crippen molar-refractivity contribution in [2.45, 2.75) is 26.3 Å². The molecule has 1 N–H and O–H groups in total. The van der Waals surface area contributed by atoms with Crippen LogP contribution in [0.25, 0.3) is 11.5 Å². The minimum absolute atomic E-state index is 0.487. The fourth-order valence-electron chi connectivity index (χ4n) is 3.27. The second-order valence-electron chi connectivity index (χ2n) is 7.08. The molecule has 0 atom stereocenters. The molecule has 1 fully saturated rings. The zero-order valence-corrected chi connectivity index (χ0v) is 16.1. The Bertz CT molecular complexity index is 868.